The minimum absolute atomic E-state index is 0.436. The zero-order valence-electron chi connectivity index (χ0n) is 28.0. The molecule has 0 radical (unpaired) electrons. The van der Waals surface area contributed by atoms with Gasteiger partial charge in [0.05, 0.1) is 24.8 Å². The normalized spacial score (nSPS) is 10.1. The Morgan fingerprint density at radius 2 is 1.02 bits per heavy atom. The number of rotatable bonds is 4. The Morgan fingerprint density at radius 3 is 1.43 bits per heavy atom. The van der Waals surface area contributed by atoms with Crippen molar-refractivity contribution in [2.45, 2.75) is 79.1 Å². The van der Waals surface area contributed by atoms with Crippen molar-refractivity contribution >= 4 is 11.4 Å². The average molecular weight is 646 g/mol. The second-order valence-corrected chi connectivity index (χ2v) is 11.7. The first-order valence-electron chi connectivity index (χ1n) is 15.1. The van der Waals surface area contributed by atoms with Crippen LogP contribution in [0.15, 0.2) is 72.8 Å². The first kappa shape index (κ1) is 40.0. The molecule has 0 fully saturated rings. The van der Waals surface area contributed by atoms with Crippen molar-refractivity contribution < 1.29 is 22.0 Å². The monoisotopic (exact) mass is 645 g/mol. The van der Waals surface area contributed by atoms with E-state index in [1.54, 1.807) is 0 Å². The maximum Gasteiger partial charge on any atom is 0.200 e. The highest BCUT2D eigenvalue weighted by molar-refractivity contribution is 5.47. The molecule has 0 aliphatic heterocycles. The summed E-state index contributed by atoms with van der Waals surface area (Å²) in [5.74, 6) is -8.69. The molecule has 0 spiro atoms. The molecule has 0 aromatic heterocycles. The molecule has 0 bridgehead atoms. The second-order valence-electron chi connectivity index (χ2n) is 11.7. The van der Waals surface area contributed by atoms with Gasteiger partial charge in [-0.2, -0.15) is 5.26 Å². The summed E-state index contributed by atoms with van der Waals surface area (Å²) < 4.78 is 63.6. The van der Waals surface area contributed by atoms with Gasteiger partial charge in [0.2, 0.25) is 5.82 Å². The number of benzene rings is 4. The quantitative estimate of drug-likeness (QED) is 0.0941. The maximum absolute atomic E-state index is 12.9. The van der Waals surface area contributed by atoms with Crippen molar-refractivity contribution in [1.29, 1.82) is 5.26 Å². The molecule has 0 saturated carbocycles. The van der Waals surface area contributed by atoms with Crippen LogP contribution in [0, 0.1) is 53.6 Å². The lowest BCUT2D eigenvalue weighted by Gasteiger charge is -2.10. The van der Waals surface area contributed by atoms with Crippen LogP contribution < -0.4 is 0 Å². The van der Waals surface area contributed by atoms with Crippen molar-refractivity contribution in [3.05, 3.63) is 153 Å². The van der Waals surface area contributed by atoms with Gasteiger partial charge in [-0.1, -0.05) is 128 Å². The minimum atomic E-state index is -2.12. The van der Waals surface area contributed by atoms with Crippen LogP contribution in [-0.4, -0.2) is 0 Å². The lowest BCUT2D eigenvalue weighted by Crippen LogP contribution is -2.08. The molecule has 246 valence electrons. The zero-order chi connectivity index (χ0) is 35.8. The summed E-state index contributed by atoms with van der Waals surface area (Å²) in [5, 5.41) is 8.72. The van der Waals surface area contributed by atoms with Gasteiger partial charge in [0.1, 0.15) is 0 Å². The summed E-state index contributed by atoms with van der Waals surface area (Å²) in [7, 11) is 0. The van der Waals surface area contributed by atoms with Gasteiger partial charge in [0, 0.05) is 5.56 Å². The summed E-state index contributed by atoms with van der Waals surface area (Å²) >= 11 is 0. The van der Waals surface area contributed by atoms with Crippen molar-refractivity contribution in [2.24, 2.45) is 0 Å². The van der Waals surface area contributed by atoms with Crippen molar-refractivity contribution in [1.82, 2.24) is 0 Å². The van der Waals surface area contributed by atoms with Gasteiger partial charge in [-0.05, 0) is 40.9 Å². The molecule has 4 rings (SSSR count). The van der Waals surface area contributed by atoms with Crippen LogP contribution in [0.3, 0.4) is 0 Å². The van der Waals surface area contributed by atoms with Crippen molar-refractivity contribution in [3.8, 4) is 6.07 Å². The fourth-order valence-electron chi connectivity index (χ4n) is 4.12. The molecule has 0 aliphatic rings. The standard InChI is InChI=1S/3C10H11N.C9H7F5/c1-8(2)9-4-6-10(11-3)7-5-9;1-8(2)9-5-4-6-10(7-9)11-3;1-8(2)10-6-4-3-5-9(10)7-11;1-3(2)4-5(10)7(12)9(14)8(13)6(4)11/h2*4-8H,1-2H3;3-6,8H,1-2H3;3H,1-2H3. The van der Waals surface area contributed by atoms with E-state index in [0.29, 0.717) is 17.8 Å². The van der Waals surface area contributed by atoms with Crippen molar-refractivity contribution in [2.75, 3.05) is 0 Å². The van der Waals surface area contributed by atoms with Gasteiger partial charge >= 0.3 is 0 Å². The first-order chi connectivity index (χ1) is 22.1. The van der Waals surface area contributed by atoms with Crippen LogP contribution in [-0.2, 0) is 0 Å². The third-order valence-electron chi connectivity index (χ3n) is 6.88. The van der Waals surface area contributed by atoms with Crippen LogP contribution in [0.4, 0.5) is 33.3 Å². The smallest absolute Gasteiger partial charge is 0.200 e. The van der Waals surface area contributed by atoms with Crippen LogP contribution in [0.1, 0.15) is 107 Å². The topological polar surface area (TPSA) is 32.5 Å². The Morgan fingerprint density at radius 1 is 0.532 bits per heavy atom. The van der Waals surface area contributed by atoms with E-state index in [1.807, 2.05) is 66.7 Å². The summed E-state index contributed by atoms with van der Waals surface area (Å²) in [6.45, 7) is 29.0. The number of hydrogen-bond donors (Lipinski definition) is 0. The number of nitriles is 1. The molecular weight excluding hydrogens is 605 g/mol. The van der Waals surface area contributed by atoms with E-state index >= 15 is 0 Å². The second kappa shape index (κ2) is 19.5. The Bertz CT molecular complexity index is 1690. The summed E-state index contributed by atoms with van der Waals surface area (Å²) in [4.78, 5) is 6.68. The third-order valence-corrected chi connectivity index (χ3v) is 6.88. The number of hydrogen-bond acceptors (Lipinski definition) is 1. The molecule has 0 aliphatic carbocycles. The Hall–Kier alpha value is -5.00. The lowest BCUT2D eigenvalue weighted by molar-refractivity contribution is 0.366. The predicted octanol–water partition coefficient (Wildman–Crippen LogP) is 12.9. The summed E-state index contributed by atoms with van der Waals surface area (Å²) in [5.41, 5.74) is 5.13. The van der Waals surface area contributed by atoms with Gasteiger partial charge in [-0.3, -0.25) is 0 Å². The molecule has 3 nitrogen and oxygen atoms in total. The van der Waals surface area contributed by atoms with Crippen LogP contribution in [0.5, 0.6) is 0 Å². The molecule has 8 heteroatoms. The SMILES string of the molecule is CC(C)c1c(F)c(F)c(F)c(F)c1F.CC(C)c1ccccc1C#N.[C-]#[N+]c1ccc(C(C)C)cc1.[C-]#[N+]c1cccc(C(C)C)c1. The number of nitrogens with zero attached hydrogens (tertiary/aromatic N) is 3. The highest BCUT2D eigenvalue weighted by Crippen LogP contribution is 2.28. The molecule has 0 atom stereocenters. The van der Waals surface area contributed by atoms with Crippen LogP contribution in [0.2, 0.25) is 0 Å². The minimum Gasteiger partial charge on any atom is -0.238 e. The van der Waals surface area contributed by atoms with Gasteiger partial charge in [0.15, 0.2) is 34.6 Å². The van der Waals surface area contributed by atoms with Gasteiger partial charge in [-0.25, -0.2) is 31.6 Å². The van der Waals surface area contributed by atoms with E-state index in [4.69, 9.17) is 18.4 Å². The molecule has 4 aromatic rings. The fourth-order valence-corrected chi connectivity index (χ4v) is 4.12. The van der Waals surface area contributed by atoms with Gasteiger partial charge in [0.25, 0.3) is 0 Å². The highest BCUT2D eigenvalue weighted by atomic mass is 19.2. The van der Waals surface area contributed by atoms with Gasteiger partial charge in [-0.15, -0.1) is 0 Å². The zero-order valence-corrected chi connectivity index (χ0v) is 28.0. The Balaban J connectivity index is 0.000000315. The van der Waals surface area contributed by atoms with Gasteiger partial charge < -0.3 is 0 Å². The third kappa shape index (κ3) is 12.0. The fraction of sp³-hybridized carbons (Fsp3) is 0.308. The lowest BCUT2D eigenvalue weighted by atomic mass is 9.98. The predicted molar refractivity (Wildman–Crippen MR) is 179 cm³/mol. The van der Waals surface area contributed by atoms with E-state index in [2.05, 4.69) is 63.4 Å². The molecule has 0 amide bonds. The van der Waals surface area contributed by atoms with Crippen molar-refractivity contribution in [3.63, 3.8) is 0 Å². The van der Waals surface area contributed by atoms with E-state index in [1.165, 1.54) is 25.0 Å². The first-order valence-corrected chi connectivity index (χ1v) is 15.1. The summed E-state index contributed by atoms with van der Waals surface area (Å²) in [6.07, 6.45) is 0. The largest absolute Gasteiger partial charge is 0.238 e. The maximum atomic E-state index is 12.9. The Kier molecular flexibility index (Phi) is 16.6. The summed E-state index contributed by atoms with van der Waals surface area (Å²) in [6, 6.07) is 25.4. The number of halogens is 5. The Labute approximate surface area is 276 Å². The van der Waals surface area contributed by atoms with Crippen LogP contribution in [0.25, 0.3) is 9.69 Å². The molecular formula is C39H40F5N3. The highest BCUT2D eigenvalue weighted by Gasteiger charge is 2.26. The van der Waals surface area contributed by atoms with E-state index in [0.717, 1.165) is 22.5 Å². The molecule has 0 N–H and O–H groups in total. The molecule has 47 heavy (non-hydrogen) atoms. The van der Waals surface area contributed by atoms with E-state index in [9.17, 15) is 22.0 Å². The van der Waals surface area contributed by atoms with E-state index in [-0.39, 0.29) is 0 Å². The molecule has 0 heterocycles. The molecule has 4 aromatic carbocycles. The van der Waals surface area contributed by atoms with E-state index < -0.39 is 40.6 Å². The average Bonchev–Trinajstić information content (AvgIpc) is 3.07. The van der Waals surface area contributed by atoms with Crippen LogP contribution >= 0.6 is 0 Å². The molecule has 0 unspecified atom stereocenters. The molecule has 0 saturated heterocycles.